The van der Waals surface area contributed by atoms with Crippen LogP contribution in [0.25, 0.3) is 0 Å². The third-order valence-corrected chi connectivity index (χ3v) is 2.49. The van der Waals surface area contributed by atoms with Gasteiger partial charge in [-0.3, -0.25) is 0 Å². The van der Waals surface area contributed by atoms with Gasteiger partial charge in [-0.05, 0) is 25.3 Å². The quantitative estimate of drug-likeness (QED) is 0.343. The fourth-order valence-corrected chi connectivity index (χ4v) is 1.54. The van der Waals surface area contributed by atoms with Crippen LogP contribution in [0.5, 0.6) is 0 Å². The number of unbranched alkanes of at least 4 members (excludes halogenated alkanes) is 7. The van der Waals surface area contributed by atoms with Crippen molar-refractivity contribution in [2.75, 3.05) is 6.61 Å². The molecule has 1 heteroatoms. The van der Waals surface area contributed by atoms with Crippen LogP contribution in [0, 0.1) is 0 Å². The van der Waals surface area contributed by atoms with Crippen LogP contribution in [0.4, 0.5) is 0 Å². The van der Waals surface area contributed by atoms with Gasteiger partial charge in [0.25, 0.3) is 0 Å². The van der Waals surface area contributed by atoms with Crippen LogP contribution >= 0.6 is 0 Å². The Hall–Kier alpha value is -0.460. The molecule has 0 aromatic heterocycles. The Labute approximate surface area is 95.9 Å². The topological polar surface area (TPSA) is 9.23 Å². The first-order chi connectivity index (χ1) is 7.41. The smallest absolute Gasteiger partial charge is 0.0870 e. The summed E-state index contributed by atoms with van der Waals surface area (Å²) in [6.07, 6.45) is 16.0. The second-order valence-electron chi connectivity index (χ2n) is 4.15. The van der Waals surface area contributed by atoms with E-state index in [2.05, 4.69) is 19.9 Å². The van der Waals surface area contributed by atoms with Crippen molar-refractivity contribution in [1.82, 2.24) is 0 Å². The maximum absolute atomic E-state index is 5.26. The molecule has 0 fully saturated rings. The lowest BCUT2D eigenvalue weighted by molar-refractivity contribution is 0.248. The van der Waals surface area contributed by atoms with Crippen molar-refractivity contribution in [1.29, 1.82) is 0 Å². The minimum Gasteiger partial charge on any atom is -0.502 e. The van der Waals surface area contributed by atoms with Gasteiger partial charge in [0.2, 0.25) is 0 Å². The third-order valence-electron chi connectivity index (χ3n) is 2.49. The highest BCUT2D eigenvalue weighted by Crippen LogP contribution is 2.08. The molecule has 0 saturated carbocycles. The van der Waals surface area contributed by atoms with Crippen molar-refractivity contribution in [3.05, 3.63) is 12.3 Å². The molecule has 0 saturated heterocycles. The summed E-state index contributed by atoms with van der Waals surface area (Å²) in [6, 6.07) is 0. The minimum atomic E-state index is 0.855. The van der Waals surface area contributed by atoms with Crippen molar-refractivity contribution in [3.8, 4) is 0 Å². The highest BCUT2D eigenvalue weighted by Gasteiger charge is 1.89. The second kappa shape index (κ2) is 13.5. The highest BCUT2D eigenvalue weighted by molar-refractivity contribution is 4.72. The first kappa shape index (κ1) is 14.5. The molecule has 0 spiro atoms. The van der Waals surface area contributed by atoms with Gasteiger partial charge in [-0.1, -0.05) is 52.4 Å². The Kier molecular flexibility index (Phi) is 13.1. The van der Waals surface area contributed by atoms with Crippen LogP contribution in [0.1, 0.15) is 71.6 Å². The van der Waals surface area contributed by atoms with Crippen molar-refractivity contribution in [2.45, 2.75) is 71.6 Å². The average molecular weight is 212 g/mol. The zero-order valence-electron chi connectivity index (χ0n) is 10.6. The fourth-order valence-electron chi connectivity index (χ4n) is 1.54. The lowest BCUT2D eigenvalue weighted by atomic mass is 10.1. The monoisotopic (exact) mass is 212 g/mol. The van der Waals surface area contributed by atoms with E-state index in [0.717, 1.165) is 13.0 Å². The molecular weight excluding hydrogens is 184 g/mol. The maximum atomic E-state index is 5.26. The lowest BCUT2D eigenvalue weighted by Gasteiger charge is -1.99. The molecule has 0 aromatic rings. The van der Waals surface area contributed by atoms with E-state index in [-0.39, 0.29) is 0 Å². The molecule has 1 nitrogen and oxygen atoms in total. The molecule has 0 heterocycles. The predicted molar refractivity (Wildman–Crippen MR) is 68.0 cm³/mol. The summed E-state index contributed by atoms with van der Waals surface area (Å²) in [5.41, 5.74) is 0. The van der Waals surface area contributed by atoms with Gasteiger partial charge in [0, 0.05) is 0 Å². The van der Waals surface area contributed by atoms with Crippen LogP contribution < -0.4 is 0 Å². The van der Waals surface area contributed by atoms with Crippen LogP contribution in [-0.2, 0) is 4.74 Å². The standard InChI is InChI=1S/C14H28O/c1-3-5-6-7-8-9-10-11-12-14-15-13-4-2/h12,14H,3-11,13H2,1-2H3. The third kappa shape index (κ3) is 13.5. The predicted octanol–water partition coefficient (Wildman–Crippen LogP) is 5.07. The summed E-state index contributed by atoms with van der Waals surface area (Å²) in [6.45, 7) is 5.25. The Morgan fingerprint density at radius 2 is 1.47 bits per heavy atom. The van der Waals surface area contributed by atoms with Gasteiger partial charge in [0.15, 0.2) is 0 Å². The molecule has 0 radical (unpaired) electrons. The van der Waals surface area contributed by atoms with Crippen molar-refractivity contribution < 1.29 is 4.74 Å². The molecule has 15 heavy (non-hydrogen) atoms. The summed E-state index contributed by atoms with van der Waals surface area (Å²) in [5, 5.41) is 0. The van der Waals surface area contributed by atoms with E-state index in [0.29, 0.717) is 0 Å². The van der Waals surface area contributed by atoms with Crippen molar-refractivity contribution in [2.24, 2.45) is 0 Å². The summed E-state index contributed by atoms with van der Waals surface area (Å²) >= 11 is 0. The van der Waals surface area contributed by atoms with Crippen molar-refractivity contribution >= 4 is 0 Å². The van der Waals surface area contributed by atoms with E-state index in [1.807, 2.05) is 6.26 Å². The van der Waals surface area contributed by atoms with Gasteiger partial charge in [-0.15, -0.1) is 0 Å². The van der Waals surface area contributed by atoms with E-state index >= 15 is 0 Å². The van der Waals surface area contributed by atoms with Crippen molar-refractivity contribution in [3.63, 3.8) is 0 Å². The van der Waals surface area contributed by atoms with E-state index in [1.165, 1.54) is 51.4 Å². The van der Waals surface area contributed by atoms with Gasteiger partial charge < -0.3 is 4.74 Å². The molecule has 0 N–H and O–H groups in total. The zero-order valence-corrected chi connectivity index (χ0v) is 10.6. The Balaban J connectivity index is 2.95. The molecule has 0 unspecified atom stereocenters. The average Bonchev–Trinajstić information content (AvgIpc) is 2.26. The van der Waals surface area contributed by atoms with Crippen LogP contribution in [0.15, 0.2) is 12.3 Å². The second-order valence-corrected chi connectivity index (χ2v) is 4.15. The molecule has 0 aliphatic rings. The maximum Gasteiger partial charge on any atom is 0.0870 e. The van der Waals surface area contributed by atoms with E-state index in [9.17, 15) is 0 Å². The first-order valence-electron chi connectivity index (χ1n) is 6.68. The normalized spacial score (nSPS) is 11.1. The molecule has 90 valence electrons. The number of hydrogen-bond donors (Lipinski definition) is 0. The molecule has 0 atom stereocenters. The molecule has 0 bridgehead atoms. The van der Waals surface area contributed by atoms with E-state index < -0.39 is 0 Å². The van der Waals surface area contributed by atoms with Gasteiger partial charge in [0.1, 0.15) is 0 Å². The fraction of sp³-hybridized carbons (Fsp3) is 0.857. The summed E-state index contributed by atoms with van der Waals surface area (Å²) in [7, 11) is 0. The largest absolute Gasteiger partial charge is 0.502 e. The van der Waals surface area contributed by atoms with E-state index in [1.54, 1.807) is 0 Å². The number of rotatable bonds is 11. The Morgan fingerprint density at radius 1 is 0.800 bits per heavy atom. The van der Waals surface area contributed by atoms with Crippen LogP contribution in [-0.4, -0.2) is 6.61 Å². The molecule has 0 amide bonds. The van der Waals surface area contributed by atoms with Gasteiger partial charge in [-0.2, -0.15) is 0 Å². The van der Waals surface area contributed by atoms with Gasteiger partial charge in [0.05, 0.1) is 12.9 Å². The van der Waals surface area contributed by atoms with Crippen LogP contribution in [0.2, 0.25) is 0 Å². The molecule has 0 rings (SSSR count). The zero-order chi connectivity index (χ0) is 11.2. The minimum absolute atomic E-state index is 0.855. The molecule has 0 aliphatic carbocycles. The lowest BCUT2D eigenvalue weighted by Crippen LogP contribution is -1.82. The highest BCUT2D eigenvalue weighted by atomic mass is 16.5. The first-order valence-corrected chi connectivity index (χ1v) is 6.68. The summed E-state index contributed by atoms with van der Waals surface area (Å²) in [5.74, 6) is 0. The molecule has 0 aromatic carbocycles. The number of ether oxygens (including phenoxy) is 1. The number of allylic oxidation sites excluding steroid dienone is 1. The van der Waals surface area contributed by atoms with E-state index in [4.69, 9.17) is 4.74 Å². The SMILES string of the molecule is CCCCCCCCCC=COCCC. The Morgan fingerprint density at radius 3 is 2.13 bits per heavy atom. The Bertz CT molecular complexity index is 129. The molecule has 0 aliphatic heterocycles. The summed E-state index contributed by atoms with van der Waals surface area (Å²) < 4.78 is 5.26. The van der Waals surface area contributed by atoms with Gasteiger partial charge >= 0.3 is 0 Å². The van der Waals surface area contributed by atoms with Crippen LogP contribution in [0.3, 0.4) is 0 Å². The molecular formula is C14H28O. The van der Waals surface area contributed by atoms with Gasteiger partial charge in [-0.25, -0.2) is 0 Å². The summed E-state index contributed by atoms with van der Waals surface area (Å²) in [4.78, 5) is 0. The number of hydrogen-bond acceptors (Lipinski definition) is 1.